The lowest BCUT2D eigenvalue weighted by molar-refractivity contribution is -0.140. The molecule has 21 heavy (non-hydrogen) atoms. The van der Waals surface area contributed by atoms with Gasteiger partial charge in [0.15, 0.2) is 0 Å². The van der Waals surface area contributed by atoms with Crippen LogP contribution in [0.2, 0.25) is 0 Å². The number of piperazine rings is 1. The van der Waals surface area contributed by atoms with Gasteiger partial charge in [0.1, 0.15) is 0 Å². The molecule has 1 amide bonds. The van der Waals surface area contributed by atoms with Crippen LogP contribution in [0.25, 0.3) is 0 Å². The lowest BCUT2D eigenvalue weighted by atomic mass is 10.0. The van der Waals surface area contributed by atoms with Gasteiger partial charge in [0.05, 0.1) is 16.6 Å². The van der Waals surface area contributed by atoms with Crippen molar-refractivity contribution in [1.82, 2.24) is 19.4 Å². The lowest BCUT2D eigenvalue weighted by Crippen LogP contribution is -2.55. The third-order valence-corrected chi connectivity index (χ3v) is 4.86. The fourth-order valence-corrected chi connectivity index (χ4v) is 3.62. The number of hydrogen-bond acceptors (Lipinski definition) is 5. The minimum atomic E-state index is 0.0193. The molecule has 0 spiro atoms. The SMILES string of the molecule is CCCCC1C(=O)N(C)CCN1Cc1snnc1C(C)C. The summed E-state index contributed by atoms with van der Waals surface area (Å²) in [5, 5.41) is 4.25. The normalized spacial score (nSPS) is 20.5. The van der Waals surface area contributed by atoms with E-state index in [-0.39, 0.29) is 11.9 Å². The molecule has 1 unspecified atom stereocenters. The Bertz CT molecular complexity index is 474. The molecular weight excluding hydrogens is 284 g/mol. The molecule has 1 fully saturated rings. The summed E-state index contributed by atoms with van der Waals surface area (Å²) in [5.74, 6) is 0.647. The number of rotatable bonds is 6. The topological polar surface area (TPSA) is 49.3 Å². The van der Waals surface area contributed by atoms with E-state index < -0.39 is 0 Å². The van der Waals surface area contributed by atoms with Crippen molar-refractivity contribution in [3.8, 4) is 0 Å². The first kappa shape index (κ1) is 16.4. The monoisotopic (exact) mass is 310 g/mol. The van der Waals surface area contributed by atoms with Crippen LogP contribution in [0, 0.1) is 0 Å². The van der Waals surface area contributed by atoms with Gasteiger partial charge < -0.3 is 4.90 Å². The zero-order valence-corrected chi connectivity index (χ0v) is 14.3. The Morgan fingerprint density at radius 1 is 1.38 bits per heavy atom. The number of unbranched alkanes of at least 4 members (excludes halogenated alkanes) is 1. The van der Waals surface area contributed by atoms with E-state index in [1.165, 1.54) is 16.4 Å². The van der Waals surface area contributed by atoms with Gasteiger partial charge in [-0.1, -0.05) is 38.1 Å². The highest BCUT2D eigenvalue weighted by Crippen LogP contribution is 2.25. The smallest absolute Gasteiger partial charge is 0.239 e. The number of amides is 1. The summed E-state index contributed by atoms with van der Waals surface area (Å²) < 4.78 is 4.10. The van der Waals surface area contributed by atoms with Crippen molar-refractivity contribution in [3.63, 3.8) is 0 Å². The molecule has 5 nitrogen and oxygen atoms in total. The molecule has 2 rings (SSSR count). The molecule has 1 aliphatic rings. The van der Waals surface area contributed by atoms with E-state index in [1.54, 1.807) is 0 Å². The van der Waals surface area contributed by atoms with E-state index in [0.717, 1.165) is 44.6 Å². The Morgan fingerprint density at radius 2 is 2.14 bits per heavy atom. The Balaban J connectivity index is 2.12. The van der Waals surface area contributed by atoms with Gasteiger partial charge in [-0.2, -0.15) is 0 Å². The number of aromatic nitrogens is 2. The molecular formula is C15H26N4OS. The summed E-state index contributed by atoms with van der Waals surface area (Å²) >= 11 is 1.47. The number of carbonyl (C=O) groups is 1. The second kappa shape index (κ2) is 7.31. The second-order valence-electron chi connectivity index (χ2n) is 6.12. The molecule has 6 heteroatoms. The van der Waals surface area contributed by atoms with Crippen molar-refractivity contribution in [1.29, 1.82) is 0 Å². The van der Waals surface area contributed by atoms with Crippen molar-refractivity contribution in [2.24, 2.45) is 0 Å². The van der Waals surface area contributed by atoms with Gasteiger partial charge in [-0.15, -0.1) is 5.10 Å². The largest absolute Gasteiger partial charge is 0.343 e. The summed E-state index contributed by atoms with van der Waals surface area (Å²) in [5.41, 5.74) is 1.08. The molecule has 1 atom stereocenters. The van der Waals surface area contributed by atoms with Gasteiger partial charge in [-0.3, -0.25) is 9.69 Å². The van der Waals surface area contributed by atoms with Crippen molar-refractivity contribution in [2.45, 2.75) is 58.5 Å². The Kier molecular flexibility index (Phi) is 5.70. The molecule has 1 aromatic rings. The predicted octanol–water partition coefficient (Wildman–Crippen LogP) is 2.49. The zero-order valence-electron chi connectivity index (χ0n) is 13.5. The highest BCUT2D eigenvalue weighted by molar-refractivity contribution is 7.05. The van der Waals surface area contributed by atoms with Crippen LogP contribution in [-0.4, -0.2) is 51.5 Å². The molecule has 1 saturated heterocycles. The molecule has 1 aliphatic heterocycles. The third-order valence-electron chi connectivity index (χ3n) is 4.13. The van der Waals surface area contributed by atoms with Crippen molar-refractivity contribution < 1.29 is 4.79 Å². The fraction of sp³-hybridized carbons (Fsp3) is 0.800. The van der Waals surface area contributed by atoms with Gasteiger partial charge in [-0.25, -0.2) is 0 Å². The maximum Gasteiger partial charge on any atom is 0.239 e. The maximum absolute atomic E-state index is 12.4. The van der Waals surface area contributed by atoms with E-state index in [1.807, 2.05) is 11.9 Å². The lowest BCUT2D eigenvalue weighted by Gasteiger charge is -2.39. The predicted molar refractivity (Wildman–Crippen MR) is 85.4 cm³/mol. The van der Waals surface area contributed by atoms with Crippen LogP contribution in [0.1, 0.15) is 56.5 Å². The summed E-state index contributed by atoms with van der Waals surface area (Å²) in [7, 11) is 1.91. The first-order valence-electron chi connectivity index (χ1n) is 7.84. The number of carbonyl (C=O) groups excluding carboxylic acids is 1. The van der Waals surface area contributed by atoms with E-state index in [4.69, 9.17) is 0 Å². The maximum atomic E-state index is 12.4. The fourth-order valence-electron chi connectivity index (χ4n) is 2.80. The van der Waals surface area contributed by atoms with Crippen LogP contribution in [0.4, 0.5) is 0 Å². The Morgan fingerprint density at radius 3 is 2.81 bits per heavy atom. The Hall–Kier alpha value is -1.01. The number of hydrogen-bond donors (Lipinski definition) is 0. The summed E-state index contributed by atoms with van der Waals surface area (Å²) in [6.45, 7) is 9.01. The molecule has 0 aliphatic carbocycles. The zero-order chi connectivity index (χ0) is 15.4. The van der Waals surface area contributed by atoms with E-state index in [2.05, 4.69) is 35.3 Å². The van der Waals surface area contributed by atoms with Crippen LogP contribution in [-0.2, 0) is 11.3 Å². The molecule has 2 heterocycles. The van der Waals surface area contributed by atoms with Gasteiger partial charge >= 0.3 is 0 Å². The third kappa shape index (κ3) is 3.80. The van der Waals surface area contributed by atoms with Crippen LogP contribution in [0.3, 0.4) is 0 Å². The number of likely N-dealkylation sites (N-methyl/N-ethyl adjacent to an activating group) is 1. The molecule has 0 radical (unpaired) electrons. The molecule has 0 aromatic carbocycles. The minimum absolute atomic E-state index is 0.0193. The van der Waals surface area contributed by atoms with E-state index in [9.17, 15) is 4.79 Å². The summed E-state index contributed by atoms with van der Waals surface area (Å²) in [6, 6.07) is 0.0193. The van der Waals surface area contributed by atoms with Crippen LogP contribution < -0.4 is 0 Å². The average Bonchev–Trinajstić information content (AvgIpc) is 2.91. The van der Waals surface area contributed by atoms with E-state index in [0.29, 0.717) is 5.92 Å². The molecule has 0 bridgehead atoms. The first-order chi connectivity index (χ1) is 10.0. The van der Waals surface area contributed by atoms with Gasteiger partial charge in [-0.05, 0) is 23.9 Å². The van der Waals surface area contributed by atoms with Crippen LogP contribution in [0.5, 0.6) is 0 Å². The van der Waals surface area contributed by atoms with Crippen molar-refractivity contribution >= 4 is 17.4 Å². The van der Waals surface area contributed by atoms with Gasteiger partial charge in [0, 0.05) is 26.7 Å². The Labute approximate surface area is 131 Å². The minimum Gasteiger partial charge on any atom is -0.343 e. The standard InChI is InChI=1S/C15H26N4OS/c1-5-6-7-12-15(20)18(4)8-9-19(12)10-13-14(11(2)3)16-17-21-13/h11-12H,5-10H2,1-4H3. The quantitative estimate of drug-likeness (QED) is 0.810. The van der Waals surface area contributed by atoms with E-state index >= 15 is 0 Å². The van der Waals surface area contributed by atoms with Crippen LogP contribution >= 0.6 is 11.5 Å². The molecule has 0 saturated carbocycles. The summed E-state index contributed by atoms with van der Waals surface area (Å²) in [6.07, 6.45) is 3.17. The van der Waals surface area contributed by atoms with Crippen molar-refractivity contribution in [3.05, 3.63) is 10.6 Å². The highest BCUT2D eigenvalue weighted by Gasteiger charge is 2.33. The van der Waals surface area contributed by atoms with Crippen molar-refractivity contribution in [2.75, 3.05) is 20.1 Å². The molecule has 1 aromatic heterocycles. The van der Waals surface area contributed by atoms with Gasteiger partial charge in [0.2, 0.25) is 5.91 Å². The number of nitrogens with zero attached hydrogens (tertiary/aromatic N) is 4. The average molecular weight is 310 g/mol. The van der Waals surface area contributed by atoms with Crippen LogP contribution in [0.15, 0.2) is 0 Å². The second-order valence-corrected chi connectivity index (χ2v) is 6.96. The van der Waals surface area contributed by atoms with Gasteiger partial charge in [0.25, 0.3) is 0 Å². The first-order valence-corrected chi connectivity index (χ1v) is 8.62. The highest BCUT2D eigenvalue weighted by atomic mass is 32.1. The summed E-state index contributed by atoms with van der Waals surface area (Å²) in [4.78, 5) is 17.8. The molecule has 118 valence electrons. The molecule has 0 N–H and O–H groups in total.